The van der Waals surface area contributed by atoms with Gasteiger partial charge in [-0.1, -0.05) is 17.7 Å². The van der Waals surface area contributed by atoms with Crippen LogP contribution < -0.4 is 4.74 Å². The van der Waals surface area contributed by atoms with Crippen LogP contribution in [0, 0.1) is 5.41 Å². The second kappa shape index (κ2) is 5.93. The number of methoxy groups -OCH3 is 1. The fourth-order valence-corrected chi connectivity index (χ4v) is 2.66. The van der Waals surface area contributed by atoms with Crippen molar-refractivity contribution in [2.75, 3.05) is 20.2 Å². The van der Waals surface area contributed by atoms with Gasteiger partial charge in [-0.15, -0.1) is 0 Å². The quantitative estimate of drug-likeness (QED) is 0.926. The Labute approximate surface area is 128 Å². The zero-order valence-corrected chi connectivity index (χ0v) is 12.8. The van der Waals surface area contributed by atoms with E-state index in [1.165, 1.54) is 0 Å². The number of nitrogens with zero attached hydrogens (tertiary/aromatic N) is 1. The van der Waals surface area contributed by atoms with Gasteiger partial charge in [0.15, 0.2) is 0 Å². The monoisotopic (exact) mass is 311 g/mol. The summed E-state index contributed by atoms with van der Waals surface area (Å²) in [4.78, 5) is 25.1. The van der Waals surface area contributed by atoms with E-state index in [0.717, 1.165) is 0 Å². The van der Waals surface area contributed by atoms with Crippen LogP contribution in [0.1, 0.15) is 18.9 Å². The molecular weight excluding hydrogens is 294 g/mol. The fraction of sp³-hybridized carbons (Fsp3) is 0.467. The number of rotatable bonds is 4. The number of benzene rings is 1. The van der Waals surface area contributed by atoms with Crippen LogP contribution in [-0.2, 0) is 16.0 Å². The van der Waals surface area contributed by atoms with Crippen molar-refractivity contribution in [3.63, 3.8) is 0 Å². The standard InChI is InChI=1S/C15H18ClNO4/c1-15(14(19)20)5-6-17(9-15)13(18)7-10-3-4-11(21-2)8-12(10)16/h3-4,8H,5-7,9H2,1-2H3,(H,19,20). The lowest BCUT2D eigenvalue weighted by Gasteiger charge is -2.20. The van der Waals surface area contributed by atoms with E-state index < -0.39 is 11.4 Å². The van der Waals surface area contributed by atoms with Crippen molar-refractivity contribution < 1.29 is 19.4 Å². The fourth-order valence-electron chi connectivity index (χ4n) is 2.42. The Bertz CT molecular complexity index is 575. The topological polar surface area (TPSA) is 66.8 Å². The lowest BCUT2D eigenvalue weighted by molar-refractivity contribution is -0.147. The van der Waals surface area contributed by atoms with Gasteiger partial charge in [0.05, 0.1) is 18.9 Å². The Morgan fingerprint density at radius 1 is 1.48 bits per heavy atom. The molecule has 5 nitrogen and oxygen atoms in total. The van der Waals surface area contributed by atoms with E-state index in [9.17, 15) is 14.7 Å². The number of halogens is 1. The Kier molecular flexibility index (Phi) is 4.42. The summed E-state index contributed by atoms with van der Waals surface area (Å²) < 4.78 is 5.06. The summed E-state index contributed by atoms with van der Waals surface area (Å²) in [6, 6.07) is 5.17. The van der Waals surface area contributed by atoms with Gasteiger partial charge < -0.3 is 14.7 Å². The maximum atomic E-state index is 12.3. The zero-order chi connectivity index (χ0) is 15.6. The van der Waals surface area contributed by atoms with Crippen LogP contribution in [0.3, 0.4) is 0 Å². The molecule has 1 N–H and O–H groups in total. The molecule has 1 unspecified atom stereocenters. The van der Waals surface area contributed by atoms with Crippen LogP contribution in [0.2, 0.25) is 5.02 Å². The smallest absolute Gasteiger partial charge is 0.311 e. The van der Waals surface area contributed by atoms with Crippen molar-refractivity contribution in [2.45, 2.75) is 19.8 Å². The predicted octanol–water partition coefficient (Wildman–Crippen LogP) is 2.21. The molecule has 1 heterocycles. The molecule has 0 saturated carbocycles. The van der Waals surface area contributed by atoms with Crippen LogP contribution in [-0.4, -0.2) is 42.1 Å². The molecule has 21 heavy (non-hydrogen) atoms. The molecule has 1 aromatic rings. The maximum absolute atomic E-state index is 12.3. The van der Waals surface area contributed by atoms with Gasteiger partial charge in [-0.2, -0.15) is 0 Å². The highest BCUT2D eigenvalue weighted by Gasteiger charge is 2.41. The predicted molar refractivity (Wildman–Crippen MR) is 78.6 cm³/mol. The number of carboxylic acids is 1. The SMILES string of the molecule is COc1ccc(CC(=O)N2CCC(C)(C(=O)O)C2)c(Cl)c1. The van der Waals surface area contributed by atoms with Crippen molar-refractivity contribution in [1.29, 1.82) is 0 Å². The molecule has 0 spiro atoms. The zero-order valence-electron chi connectivity index (χ0n) is 12.1. The summed E-state index contributed by atoms with van der Waals surface area (Å²) in [5, 5.41) is 9.67. The number of amides is 1. The van der Waals surface area contributed by atoms with Gasteiger partial charge >= 0.3 is 5.97 Å². The summed E-state index contributed by atoms with van der Waals surface area (Å²) in [6.07, 6.45) is 0.642. The molecule has 0 radical (unpaired) electrons. The third-order valence-corrected chi connectivity index (χ3v) is 4.30. The van der Waals surface area contributed by atoms with Gasteiger partial charge in [0.1, 0.15) is 5.75 Å². The highest BCUT2D eigenvalue weighted by molar-refractivity contribution is 6.31. The minimum Gasteiger partial charge on any atom is -0.497 e. The Morgan fingerprint density at radius 3 is 2.71 bits per heavy atom. The molecule has 0 aromatic heterocycles. The van der Waals surface area contributed by atoms with Crippen molar-refractivity contribution in [3.05, 3.63) is 28.8 Å². The first kappa shape index (κ1) is 15.6. The van der Waals surface area contributed by atoms with E-state index in [2.05, 4.69) is 0 Å². The summed E-state index contributed by atoms with van der Waals surface area (Å²) in [7, 11) is 1.55. The highest BCUT2D eigenvalue weighted by Crippen LogP contribution is 2.31. The average Bonchev–Trinajstić information content (AvgIpc) is 2.85. The molecule has 1 saturated heterocycles. The first-order valence-corrected chi connectivity index (χ1v) is 7.07. The number of aliphatic carboxylic acids is 1. The molecule has 6 heteroatoms. The van der Waals surface area contributed by atoms with Gasteiger partial charge in [0.25, 0.3) is 0 Å². The Hall–Kier alpha value is -1.75. The normalized spacial score (nSPS) is 21.4. The van der Waals surface area contributed by atoms with E-state index in [-0.39, 0.29) is 18.9 Å². The van der Waals surface area contributed by atoms with Crippen molar-refractivity contribution >= 4 is 23.5 Å². The van der Waals surface area contributed by atoms with Crippen molar-refractivity contribution in [1.82, 2.24) is 4.90 Å². The number of carboxylic acid groups (broad SMARTS) is 1. The van der Waals surface area contributed by atoms with Crippen LogP contribution in [0.4, 0.5) is 0 Å². The molecule has 114 valence electrons. The van der Waals surface area contributed by atoms with Crippen molar-refractivity contribution in [3.8, 4) is 5.75 Å². The van der Waals surface area contributed by atoms with Gasteiger partial charge in [0, 0.05) is 18.1 Å². The van der Waals surface area contributed by atoms with Crippen LogP contribution in [0.5, 0.6) is 5.75 Å². The van der Waals surface area contributed by atoms with Gasteiger partial charge in [-0.05, 0) is 31.0 Å². The molecular formula is C15H18ClNO4. The minimum absolute atomic E-state index is 0.105. The van der Waals surface area contributed by atoms with E-state index in [0.29, 0.717) is 29.3 Å². The summed E-state index contributed by atoms with van der Waals surface area (Å²) in [5.41, 5.74) is -0.134. The summed E-state index contributed by atoms with van der Waals surface area (Å²) >= 11 is 6.12. The third kappa shape index (κ3) is 3.29. The minimum atomic E-state index is -0.861. The molecule has 0 bridgehead atoms. The summed E-state index contributed by atoms with van der Waals surface area (Å²) in [6.45, 7) is 2.38. The number of hydrogen-bond acceptors (Lipinski definition) is 3. The second-order valence-electron chi connectivity index (χ2n) is 5.57. The number of likely N-dealkylation sites (tertiary alicyclic amines) is 1. The number of ether oxygens (including phenoxy) is 1. The lowest BCUT2D eigenvalue weighted by Crippen LogP contribution is -2.35. The van der Waals surface area contributed by atoms with Crippen LogP contribution in [0.25, 0.3) is 0 Å². The second-order valence-corrected chi connectivity index (χ2v) is 5.97. The molecule has 1 aliphatic rings. The maximum Gasteiger partial charge on any atom is 0.311 e. The molecule has 2 rings (SSSR count). The van der Waals surface area contributed by atoms with E-state index in [1.807, 2.05) is 0 Å². The third-order valence-electron chi connectivity index (χ3n) is 3.94. The van der Waals surface area contributed by atoms with Gasteiger partial charge in [-0.25, -0.2) is 0 Å². The van der Waals surface area contributed by atoms with E-state index in [4.69, 9.17) is 16.3 Å². The molecule has 1 fully saturated rings. The first-order chi connectivity index (χ1) is 9.85. The van der Waals surface area contributed by atoms with Crippen LogP contribution in [0.15, 0.2) is 18.2 Å². The van der Waals surface area contributed by atoms with Gasteiger partial charge in [-0.3, -0.25) is 9.59 Å². The number of carbonyl (C=O) groups excluding carboxylic acids is 1. The Morgan fingerprint density at radius 2 is 2.19 bits per heavy atom. The molecule has 1 aromatic carbocycles. The molecule has 1 atom stereocenters. The molecule has 0 aliphatic carbocycles. The molecule has 1 amide bonds. The van der Waals surface area contributed by atoms with E-state index in [1.54, 1.807) is 37.1 Å². The van der Waals surface area contributed by atoms with Crippen LogP contribution >= 0.6 is 11.6 Å². The highest BCUT2D eigenvalue weighted by atomic mass is 35.5. The number of carbonyl (C=O) groups is 2. The largest absolute Gasteiger partial charge is 0.497 e. The molecule has 1 aliphatic heterocycles. The Balaban J connectivity index is 2.04. The van der Waals surface area contributed by atoms with Crippen molar-refractivity contribution in [2.24, 2.45) is 5.41 Å². The number of hydrogen-bond donors (Lipinski definition) is 1. The van der Waals surface area contributed by atoms with E-state index >= 15 is 0 Å². The summed E-state index contributed by atoms with van der Waals surface area (Å²) in [5.74, 6) is -0.330. The average molecular weight is 312 g/mol. The first-order valence-electron chi connectivity index (χ1n) is 6.69. The van der Waals surface area contributed by atoms with Gasteiger partial charge in [0.2, 0.25) is 5.91 Å². The lowest BCUT2D eigenvalue weighted by atomic mass is 9.90.